The highest BCUT2D eigenvalue weighted by Gasteiger charge is 2.24. The fourth-order valence-corrected chi connectivity index (χ4v) is 2.81. The molecule has 0 bridgehead atoms. The first-order valence-corrected chi connectivity index (χ1v) is 7.80. The molecule has 1 heterocycles. The number of benzene rings is 2. The molecule has 0 saturated carbocycles. The second-order valence-corrected chi connectivity index (χ2v) is 5.65. The van der Waals surface area contributed by atoms with Crippen molar-refractivity contribution in [3.05, 3.63) is 59.7 Å². The lowest BCUT2D eigenvalue weighted by atomic mass is 10.2. The van der Waals surface area contributed by atoms with E-state index in [9.17, 15) is 4.79 Å². The first-order chi connectivity index (χ1) is 11.7. The van der Waals surface area contributed by atoms with Crippen LogP contribution in [0.25, 0.3) is 0 Å². The Morgan fingerprint density at radius 3 is 2.75 bits per heavy atom. The fourth-order valence-electron chi connectivity index (χ4n) is 2.81. The number of rotatable bonds is 4. The first-order valence-electron chi connectivity index (χ1n) is 7.80. The maximum absolute atomic E-state index is 11.6. The smallest absolute Gasteiger partial charge is 0.337 e. The molecule has 1 fully saturated rings. The van der Waals surface area contributed by atoms with Crippen molar-refractivity contribution in [2.75, 3.05) is 25.1 Å². The van der Waals surface area contributed by atoms with Gasteiger partial charge in [0, 0.05) is 18.7 Å². The number of hydrogen-bond donors (Lipinski definition) is 0. The van der Waals surface area contributed by atoms with E-state index in [-0.39, 0.29) is 12.1 Å². The molecule has 5 nitrogen and oxygen atoms in total. The Labute approximate surface area is 141 Å². The molecular weight excluding hydrogens is 304 g/mol. The predicted molar refractivity (Wildman–Crippen MR) is 90.2 cm³/mol. The Bertz CT molecular complexity index is 765. The van der Waals surface area contributed by atoms with Gasteiger partial charge in [0.15, 0.2) is 0 Å². The molecule has 0 aromatic heterocycles. The van der Waals surface area contributed by atoms with Gasteiger partial charge in [-0.2, -0.15) is 5.26 Å². The SMILES string of the molecule is COC(=O)c1cccc(O[C@H]2CCN(c3ccc(C#N)cc3)C2)c1. The van der Waals surface area contributed by atoms with Gasteiger partial charge in [-0.05, 0) is 42.5 Å². The Balaban J connectivity index is 1.64. The molecule has 0 spiro atoms. The molecule has 3 rings (SSSR count). The minimum Gasteiger partial charge on any atom is -0.488 e. The van der Waals surface area contributed by atoms with Gasteiger partial charge in [0.1, 0.15) is 11.9 Å². The van der Waals surface area contributed by atoms with E-state index in [0.29, 0.717) is 16.9 Å². The average molecular weight is 322 g/mol. The number of anilines is 1. The third-order valence-electron chi connectivity index (χ3n) is 4.06. The second kappa shape index (κ2) is 7.05. The van der Waals surface area contributed by atoms with Gasteiger partial charge >= 0.3 is 5.97 Å². The molecule has 0 unspecified atom stereocenters. The summed E-state index contributed by atoms with van der Waals surface area (Å²) in [5, 5.41) is 8.86. The summed E-state index contributed by atoms with van der Waals surface area (Å²) in [6, 6.07) is 16.7. The van der Waals surface area contributed by atoms with E-state index in [1.807, 2.05) is 30.3 Å². The highest BCUT2D eigenvalue weighted by Crippen LogP contribution is 2.24. The van der Waals surface area contributed by atoms with E-state index in [0.717, 1.165) is 25.2 Å². The maximum Gasteiger partial charge on any atom is 0.337 e. The second-order valence-electron chi connectivity index (χ2n) is 5.65. The van der Waals surface area contributed by atoms with Crippen LogP contribution in [-0.4, -0.2) is 32.3 Å². The standard InChI is InChI=1S/C19H18N2O3/c1-23-19(22)15-3-2-4-17(11-15)24-18-9-10-21(13-18)16-7-5-14(12-20)6-8-16/h2-8,11,18H,9-10,13H2,1H3/t18-/m0/s1. The van der Waals surface area contributed by atoms with Crippen LogP contribution in [0.4, 0.5) is 5.69 Å². The number of nitrogens with zero attached hydrogens (tertiary/aromatic N) is 2. The van der Waals surface area contributed by atoms with Gasteiger partial charge in [0.2, 0.25) is 0 Å². The van der Waals surface area contributed by atoms with Crippen molar-refractivity contribution in [1.29, 1.82) is 5.26 Å². The minimum atomic E-state index is -0.369. The van der Waals surface area contributed by atoms with Gasteiger partial charge in [-0.3, -0.25) is 0 Å². The van der Waals surface area contributed by atoms with Crippen molar-refractivity contribution in [1.82, 2.24) is 0 Å². The van der Waals surface area contributed by atoms with Crippen LogP contribution in [-0.2, 0) is 4.74 Å². The lowest BCUT2D eigenvalue weighted by Gasteiger charge is -2.19. The first kappa shape index (κ1) is 15.9. The number of methoxy groups -OCH3 is 1. The molecular formula is C19H18N2O3. The predicted octanol–water partition coefficient (Wildman–Crippen LogP) is 3.00. The van der Waals surface area contributed by atoms with Gasteiger partial charge in [-0.1, -0.05) is 6.07 Å². The number of esters is 1. The van der Waals surface area contributed by atoms with Crippen molar-refractivity contribution in [3.8, 4) is 11.8 Å². The maximum atomic E-state index is 11.6. The van der Waals surface area contributed by atoms with Crippen LogP contribution in [0.5, 0.6) is 5.75 Å². The molecule has 0 N–H and O–H groups in total. The number of carbonyl (C=O) groups is 1. The van der Waals surface area contributed by atoms with Crippen molar-refractivity contribution in [2.45, 2.75) is 12.5 Å². The van der Waals surface area contributed by atoms with Crippen molar-refractivity contribution >= 4 is 11.7 Å². The topological polar surface area (TPSA) is 62.6 Å². The Morgan fingerprint density at radius 2 is 2.04 bits per heavy atom. The van der Waals surface area contributed by atoms with Crippen molar-refractivity contribution < 1.29 is 14.3 Å². The molecule has 1 aliphatic rings. The Morgan fingerprint density at radius 1 is 1.25 bits per heavy atom. The molecule has 2 aromatic carbocycles. The van der Waals surface area contributed by atoms with Crippen molar-refractivity contribution in [3.63, 3.8) is 0 Å². The Hall–Kier alpha value is -3.00. The van der Waals surface area contributed by atoms with E-state index in [1.54, 1.807) is 18.2 Å². The number of nitriles is 1. The summed E-state index contributed by atoms with van der Waals surface area (Å²) in [6.45, 7) is 1.67. The zero-order valence-corrected chi connectivity index (χ0v) is 13.4. The minimum absolute atomic E-state index is 0.0635. The molecule has 0 radical (unpaired) electrons. The summed E-state index contributed by atoms with van der Waals surface area (Å²) in [7, 11) is 1.36. The fraction of sp³-hybridized carbons (Fsp3) is 0.263. The molecule has 1 aliphatic heterocycles. The van der Waals surface area contributed by atoms with E-state index in [4.69, 9.17) is 14.7 Å². The summed E-state index contributed by atoms with van der Waals surface area (Å²) in [6.07, 6.45) is 0.969. The van der Waals surface area contributed by atoms with Gasteiger partial charge in [-0.25, -0.2) is 4.79 Å². The monoisotopic (exact) mass is 322 g/mol. The van der Waals surface area contributed by atoms with Crippen LogP contribution in [0.1, 0.15) is 22.3 Å². The molecule has 122 valence electrons. The van der Waals surface area contributed by atoms with Crippen LogP contribution in [0.2, 0.25) is 0 Å². The van der Waals surface area contributed by atoms with Gasteiger partial charge in [0.25, 0.3) is 0 Å². The quantitative estimate of drug-likeness (QED) is 0.810. The van der Waals surface area contributed by atoms with E-state index >= 15 is 0 Å². The zero-order valence-electron chi connectivity index (χ0n) is 13.4. The molecule has 1 atom stereocenters. The molecule has 5 heteroatoms. The van der Waals surface area contributed by atoms with Gasteiger partial charge in [0.05, 0.1) is 30.9 Å². The summed E-state index contributed by atoms with van der Waals surface area (Å²) >= 11 is 0. The van der Waals surface area contributed by atoms with Crippen LogP contribution in [0, 0.1) is 11.3 Å². The summed E-state index contributed by atoms with van der Waals surface area (Å²) in [5.41, 5.74) is 2.23. The normalized spacial score (nSPS) is 16.5. The van der Waals surface area contributed by atoms with Crippen LogP contribution in [0.3, 0.4) is 0 Å². The van der Waals surface area contributed by atoms with Gasteiger partial charge < -0.3 is 14.4 Å². The van der Waals surface area contributed by atoms with Crippen LogP contribution >= 0.6 is 0 Å². The molecule has 1 saturated heterocycles. The van der Waals surface area contributed by atoms with Crippen molar-refractivity contribution in [2.24, 2.45) is 0 Å². The average Bonchev–Trinajstić information content (AvgIpc) is 3.09. The largest absolute Gasteiger partial charge is 0.488 e. The highest BCUT2D eigenvalue weighted by atomic mass is 16.5. The number of ether oxygens (including phenoxy) is 2. The summed E-state index contributed by atoms with van der Waals surface area (Å²) < 4.78 is 10.7. The third kappa shape index (κ3) is 3.49. The summed E-state index contributed by atoms with van der Waals surface area (Å²) in [5.74, 6) is 0.302. The molecule has 0 aliphatic carbocycles. The summed E-state index contributed by atoms with van der Waals surface area (Å²) in [4.78, 5) is 13.8. The van der Waals surface area contributed by atoms with E-state index in [2.05, 4.69) is 11.0 Å². The number of carbonyl (C=O) groups excluding carboxylic acids is 1. The zero-order chi connectivity index (χ0) is 16.9. The van der Waals surface area contributed by atoms with Gasteiger partial charge in [-0.15, -0.1) is 0 Å². The molecule has 2 aromatic rings. The molecule has 24 heavy (non-hydrogen) atoms. The Kier molecular flexibility index (Phi) is 4.66. The lowest BCUT2D eigenvalue weighted by molar-refractivity contribution is 0.0600. The van der Waals surface area contributed by atoms with Crippen LogP contribution in [0.15, 0.2) is 48.5 Å². The highest BCUT2D eigenvalue weighted by molar-refractivity contribution is 5.89. The molecule has 0 amide bonds. The number of hydrogen-bond acceptors (Lipinski definition) is 5. The van der Waals surface area contributed by atoms with Crippen LogP contribution < -0.4 is 9.64 Å². The third-order valence-corrected chi connectivity index (χ3v) is 4.06. The van der Waals surface area contributed by atoms with E-state index < -0.39 is 0 Å². The lowest BCUT2D eigenvalue weighted by Crippen LogP contribution is -2.24. The van der Waals surface area contributed by atoms with E-state index in [1.165, 1.54) is 7.11 Å².